The molecule has 0 spiro atoms. The van der Waals surface area contributed by atoms with E-state index in [4.69, 9.17) is 4.74 Å². The zero-order valence-corrected chi connectivity index (χ0v) is 12.2. The van der Waals surface area contributed by atoms with Gasteiger partial charge in [-0.15, -0.1) is 0 Å². The van der Waals surface area contributed by atoms with Crippen molar-refractivity contribution in [2.24, 2.45) is 17.8 Å². The van der Waals surface area contributed by atoms with Crippen LogP contribution in [0.15, 0.2) is 12.2 Å². The van der Waals surface area contributed by atoms with Gasteiger partial charge in [-0.2, -0.15) is 0 Å². The summed E-state index contributed by atoms with van der Waals surface area (Å²) in [5, 5.41) is 0. The van der Waals surface area contributed by atoms with Crippen LogP contribution < -0.4 is 4.72 Å². The summed E-state index contributed by atoms with van der Waals surface area (Å²) in [6.45, 7) is 5.73. The van der Waals surface area contributed by atoms with Gasteiger partial charge in [0.05, 0.1) is 6.26 Å². The second-order valence-electron chi connectivity index (χ2n) is 5.83. The molecule has 2 fully saturated rings. The van der Waals surface area contributed by atoms with Crippen LogP contribution >= 0.6 is 0 Å². The summed E-state index contributed by atoms with van der Waals surface area (Å²) in [7, 11) is -3.12. The van der Waals surface area contributed by atoms with Crippen molar-refractivity contribution >= 4 is 16.0 Å². The van der Waals surface area contributed by atoms with Gasteiger partial charge in [0, 0.05) is 12.1 Å². The molecule has 0 aromatic heterocycles. The number of carbonyl (C=O) groups excluding carboxylic acids is 1. The largest absolute Gasteiger partial charge is 0.459 e. The molecule has 4 atom stereocenters. The normalized spacial score (nSPS) is 33.4. The van der Waals surface area contributed by atoms with E-state index in [1.807, 2.05) is 0 Å². The van der Waals surface area contributed by atoms with Crippen molar-refractivity contribution in [3.63, 3.8) is 0 Å². The summed E-state index contributed by atoms with van der Waals surface area (Å²) in [6.07, 6.45) is 3.98. The minimum Gasteiger partial charge on any atom is -0.459 e. The number of nitrogens with one attached hydrogen (secondary N) is 1. The monoisotopic (exact) mass is 287 g/mol. The van der Waals surface area contributed by atoms with Crippen LogP contribution in [0.4, 0.5) is 0 Å². The summed E-state index contributed by atoms with van der Waals surface area (Å²) in [4.78, 5) is 11.5. The van der Waals surface area contributed by atoms with Crippen molar-refractivity contribution < 1.29 is 17.9 Å². The van der Waals surface area contributed by atoms with Crippen LogP contribution in [0, 0.1) is 17.8 Å². The van der Waals surface area contributed by atoms with Gasteiger partial charge in [0.25, 0.3) is 0 Å². The molecule has 2 bridgehead atoms. The highest BCUT2D eigenvalue weighted by atomic mass is 32.2. The van der Waals surface area contributed by atoms with Gasteiger partial charge in [-0.3, -0.25) is 0 Å². The Hall–Kier alpha value is -0.880. The molecule has 19 heavy (non-hydrogen) atoms. The van der Waals surface area contributed by atoms with Crippen LogP contribution in [0.25, 0.3) is 0 Å². The molecule has 6 heteroatoms. The Morgan fingerprint density at radius 1 is 1.32 bits per heavy atom. The Balaban J connectivity index is 1.84. The van der Waals surface area contributed by atoms with Gasteiger partial charge in [0.2, 0.25) is 10.0 Å². The highest BCUT2D eigenvalue weighted by Crippen LogP contribution is 2.49. The lowest BCUT2D eigenvalue weighted by molar-refractivity contribution is -0.147. The maximum absolute atomic E-state index is 11.5. The SMILES string of the molecule is C=C(C)C(=O)OC1CC2CC1CC2CNS(C)(=O)=O. The first-order chi connectivity index (χ1) is 8.76. The molecule has 108 valence electrons. The Morgan fingerprint density at radius 2 is 2.00 bits per heavy atom. The third-order valence-corrected chi connectivity index (χ3v) is 4.84. The fourth-order valence-electron chi connectivity index (χ4n) is 3.23. The quantitative estimate of drug-likeness (QED) is 0.606. The number of ether oxygens (including phenoxy) is 1. The number of carbonyl (C=O) groups is 1. The van der Waals surface area contributed by atoms with E-state index in [2.05, 4.69) is 11.3 Å². The van der Waals surface area contributed by atoms with Crippen molar-refractivity contribution in [1.82, 2.24) is 4.72 Å². The second-order valence-corrected chi connectivity index (χ2v) is 7.67. The van der Waals surface area contributed by atoms with Crippen LogP contribution in [0.2, 0.25) is 0 Å². The first kappa shape index (κ1) is 14.5. The minimum absolute atomic E-state index is 0.0105. The van der Waals surface area contributed by atoms with Crippen molar-refractivity contribution in [2.45, 2.75) is 32.3 Å². The van der Waals surface area contributed by atoms with E-state index in [0.717, 1.165) is 19.3 Å². The van der Waals surface area contributed by atoms with Crippen LogP contribution in [0.3, 0.4) is 0 Å². The third-order valence-electron chi connectivity index (χ3n) is 4.15. The van der Waals surface area contributed by atoms with Crippen LogP contribution in [0.1, 0.15) is 26.2 Å². The van der Waals surface area contributed by atoms with Crippen molar-refractivity contribution in [1.29, 1.82) is 0 Å². The van der Waals surface area contributed by atoms with Gasteiger partial charge >= 0.3 is 5.97 Å². The van der Waals surface area contributed by atoms with Gasteiger partial charge in [-0.1, -0.05) is 6.58 Å². The first-order valence-electron chi connectivity index (χ1n) is 6.57. The zero-order valence-electron chi connectivity index (χ0n) is 11.4. The minimum atomic E-state index is -3.12. The Bertz CT molecular complexity index is 485. The molecule has 0 saturated heterocycles. The molecule has 0 radical (unpaired) electrons. The average Bonchev–Trinajstić information content (AvgIpc) is 2.84. The van der Waals surface area contributed by atoms with E-state index >= 15 is 0 Å². The van der Waals surface area contributed by atoms with E-state index in [9.17, 15) is 13.2 Å². The van der Waals surface area contributed by atoms with Crippen molar-refractivity contribution in [3.8, 4) is 0 Å². The van der Waals surface area contributed by atoms with E-state index in [1.54, 1.807) is 6.92 Å². The Labute approximate surface area is 114 Å². The summed E-state index contributed by atoms with van der Waals surface area (Å²) < 4.78 is 30.2. The fourth-order valence-corrected chi connectivity index (χ4v) is 3.75. The third kappa shape index (κ3) is 3.57. The second kappa shape index (κ2) is 5.25. The lowest BCUT2D eigenvalue weighted by Gasteiger charge is -2.27. The highest BCUT2D eigenvalue weighted by Gasteiger charge is 2.47. The van der Waals surface area contributed by atoms with Gasteiger partial charge in [0.1, 0.15) is 6.10 Å². The maximum Gasteiger partial charge on any atom is 0.333 e. The number of fused-ring (bicyclic) bond motifs is 2. The fraction of sp³-hybridized carbons (Fsp3) is 0.769. The van der Waals surface area contributed by atoms with Crippen molar-refractivity contribution in [2.75, 3.05) is 12.8 Å². The number of rotatable bonds is 5. The summed E-state index contributed by atoms with van der Waals surface area (Å²) in [5.41, 5.74) is 0.429. The molecule has 0 aromatic carbocycles. The average molecular weight is 287 g/mol. The molecular formula is C13H21NO4S. The molecule has 5 nitrogen and oxygen atoms in total. The summed E-state index contributed by atoms with van der Waals surface area (Å²) >= 11 is 0. The lowest BCUT2D eigenvalue weighted by Crippen LogP contribution is -2.34. The molecule has 0 aliphatic heterocycles. The van der Waals surface area contributed by atoms with Crippen LogP contribution in [-0.2, 0) is 19.6 Å². The van der Waals surface area contributed by atoms with Gasteiger partial charge in [0.15, 0.2) is 0 Å². The zero-order chi connectivity index (χ0) is 14.2. The van der Waals surface area contributed by atoms with Crippen molar-refractivity contribution in [3.05, 3.63) is 12.2 Å². The Morgan fingerprint density at radius 3 is 2.47 bits per heavy atom. The molecule has 2 aliphatic carbocycles. The van der Waals surface area contributed by atoms with Gasteiger partial charge in [-0.05, 0) is 43.9 Å². The Kier molecular flexibility index (Phi) is 4.01. The molecule has 4 unspecified atom stereocenters. The molecular weight excluding hydrogens is 266 g/mol. The standard InChI is InChI=1S/C13H21NO4S/c1-8(2)13(15)18-12-6-9-4-10(12)5-11(9)7-14-19(3,16)17/h9-12,14H,1,4-7H2,2-3H3. The molecule has 0 aromatic rings. The van der Waals surface area contributed by atoms with E-state index < -0.39 is 10.0 Å². The predicted octanol–water partition coefficient (Wildman–Crippen LogP) is 1.07. The van der Waals surface area contributed by atoms with E-state index in [-0.39, 0.29) is 12.1 Å². The topological polar surface area (TPSA) is 72.5 Å². The highest BCUT2D eigenvalue weighted by molar-refractivity contribution is 7.88. The van der Waals surface area contributed by atoms with Gasteiger partial charge < -0.3 is 4.74 Å². The number of sulfonamides is 1. The molecule has 0 amide bonds. The summed E-state index contributed by atoms with van der Waals surface area (Å²) in [5.74, 6) is 0.893. The maximum atomic E-state index is 11.5. The molecule has 2 aliphatic rings. The molecule has 2 rings (SSSR count). The number of hydrogen-bond donors (Lipinski definition) is 1. The predicted molar refractivity (Wildman–Crippen MR) is 71.9 cm³/mol. The van der Waals surface area contributed by atoms with Crippen LogP contribution in [-0.4, -0.2) is 33.3 Å². The first-order valence-corrected chi connectivity index (χ1v) is 8.46. The number of esters is 1. The number of hydrogen-bond acceptors (Lipinski definition) is 4. The van der Waals surface area contributed by atoms with E-state index in [1.165, 1.54) is 6.26 Å². The smallest absolute Gasteiger partial charge is 0.333 e. The van der Waals surface area contributed by atoms with Gasteiger partial charge in [-0.25, -0.2) is 17.9 Å². The lowest BCUT2D eigenvalue weighted by atomic mass is 9.87. The molecule has 1 N–H and O–H groups in total. The summed E-state index contributed by atoms with van der Waals surface area (Å²) in [6, 6.07) is 0. The van der Waals surface area contributed by atoms with E-state index in [0.29, 0.717) is 29.9 Å². The molecule has 2 saturated carbocycles. The van der Waals surface area contributed by atoms with Crippen LogP contribution in [0.5, 0.6) is 0 Å². The molecule has 0 heterocycles.